The summed E-state index contributed by atoms with van der Waals surface area (Å²) in [6, 6.07) is 5.42. The number of aliphatic hydroxyl groups excluding tert-OH is 1. The van der Waals surface area contributed by atoms with Gasteiger partial charge < -0.3 is 14.6 Å². The van der Waals surface area contributed by atoms with Crippen LogP contribution < -0.4 is 0 Å². The minimum Gasteiger partial charge on any atom is -0.449 e. The normalized spacial score (nSPS) is 38.0. The van der Waals surface area contributed by atoms with Crippen LogP contribution in [0.2, 0.25) is 0 Å². The van der Waals surface area contributed by atoms with E-state index in [0.29, 0.717) is 44.1 Å². The molecule has 43 heavy (non-hydrogen) atoms. The van der Waals surface area contributed by atoms with Crippen molar-refractivity contribution in [1.29, 1.82) is 0 Å². The fourth-order valence-corrected chi connectivity index (χ4v) is 10.4. The Morgan fingerprint density at radius 3 is 2.72 bits per heavy atom. The molecule has 1 N–H and O–H groups in total. The van der Waals surface area contributed by atoms with Crippen molar-refractivity contribution in [2.24, 2.45) is 34.5 Å². The summed E-state index contributed by atoms with van der Waals surface area (Å²) in [6.07, 6.45) is 7.61. The van der Waals surface area contributed by atoms with Crippen LogP contribution in [0.3, 0.4) is 0 Å². The highest BCUT2D eigenvalue weighted by atomic mass is 32.2. The molecule has 7 nitrogen and oxygen atoms in total. The van der Waals surface area contributed by atoms with Crippen molar-refractivity contribution in [3.63, 3.8) is 0 Å². The van der Waals surface area contributed by atoms with Crippen LogP contribution in [0, 0.1) is 40.3 Å². The van der Waals surface area contributed by atoms with Gasteiger partial charge in [0.1, 0.15) is 11.8 Å². The van der Waals surface area contributed by atoms with Crippen LogP contribution >= 0.6 is 11.8 Å². The number of aromatic nitrogens is 2. The molecular formula is C33H38F2N2O5S. The third kappa shape index (κ3) is 4.30. The first kappa shape index (κ1) is 29.2. The van der Waals surface area contributed by atoms with E-state index in [-0.39, 0.29) is 35.6 Å². The van der Waals surface area contributed by atoms with Crippen LogP contribution in [0.1, 0.15) is 63.6 Å². The Balaban J connectivity index is 1.22. The van der Waals surface area contributed by atoms with Crippen LogP contribution in [0.5, 0.6) is 0 Å². The van der Waals surface area contributed by atoms with Crippen molar-refractivity contribution in [3.8, 4) is 5.69 Å². The summed E-state index contributed by atoms with van der Waals surface area (Å²) in [7, 11) is 0. The van der Waals surface area contributed by atoms with Gasteiger partial charge in [-0.3, -0.25) is 9.59 Å². The average molecular weight is 613 g/mol. The van der Waals surface area contributed by atoms with Crippen molar-refractivity contribution in [2.45, 2.75) is 70.5 Å². The molecule has 4 fully saturated rings. The number of carbonyl (C=O) groups excluding carboxylic acids is 2. The van der Waals surface area contributed by atoms with Gasteiger partial charge >= 0.3 is 5.97 Å². The summed E-state index contributed by atoms with van der Waals surface area (Å²) in [5.41, 5.74) is 1.54. The first-order chi connectivity index (χ1) is 20.6. The van der Waals surface area contributed by atoms with Gasteiger partial charge in [-0.25, -0.2) is 13.5 Å². The summed E-state index contributed by atoms with van der Waals surface area (Å²) >= 11 is 0.573. The van der Waals surface area contributed by atoms with E-state index >= 15 is 0 Å². The molecule has 1 aromatic heterocycles. The molecule has 230 valence electrons. The predicted octanol–water partition coefficient (Wildman–Crippen LogP) is 5.67. The summed E-state index contributed by atoms with van der Waals surface area (Å²) < 4.78 is 40.6. The number of aliphatic hydroxyl groups is 1. The van der Waals surface area contributed by atoms with Gasteiger partial charge in [0.05, 0.1) is 36.2 Å². The highest BCUT2D eigenvalue weighted by Gasteiger charge is 2.71. The summed E-state index contributed by atoms with van der Waals surface area (Å²) in [4.78, 5) is 27.0. The van der Waals surface area contributed by atoms with Crippen molar-refractivity contribution in [3.05, 3.63) is 53.1 Å². The van der Waals surface area contributed by atoms with E-state index in [4.69, 9.17) is 9.47 Å². The van der Waals surface area contributed by atoms with Gasteiger partial charge in [-0.2, -0.15) is 5.10 Å². The standard InChI is InChI=1S/C33H38F2N2O5S/c1-31-14-20-16-36-37(23-6-4-22(35)5-7-23)26(20)13-21(31)3-8-24-25-9-11-33(30(40)43-18-34,32(25,2)15-27(38)28(24)31)42-29(39)19-10-12-41-17-19/h4-7,13,16,19,24-25,27-28,38H,3,8-12,14-15,17-18H2,1-2H3/t19?,24-,25-,27-,28+,31-,32-,33-/m0/s1. The van der Waals surface area contributed by atoms with Crippen molar-refractivity contribution in [1.82, 2.24) is 9.78 Å². The Bertz CT molecular complexity index is 1470. The number of allylic oxidation sites excluding steroid dienone is 1. The second kappa shape index (κ2) is 10.5. The van der Waals surface area contributed by atoms with Gasteiger partial charge in [-0.1, -0.05) is 19.4 Å². The van der Waals surface area contributed by atoms with Gasteiger partial charge in [0, 0.05) is 12.0 Å². The maximum atomic E-state index is 13.7. The summed E-state index contributed by atoms with van der Waals surface area (Å²) in [5.74, 6) is -1.08. The Labute approximate surface area is 254 Å². The van der Waals surface area contributed by atoms with Crippen LogP contribution in [0.25, 0.3) is 11.8 Å². The Kier molecular flexibility index (Phi) is 7.13. The number of benzene rings is 1. The molecule has 0 spiro atoms. The number of ether oxygens (including phenoxy) is 2. The maximum Gasteiger partial charge on any atom is 0.312 e. The topological polar surface area (TPSA) is 90.7 Å². The molecule has 2 aromatic rings. The smallest absolute Gasteiger partial charge is 0.312 e. The number of thioether (sulfide) groups is 1. The number of alkyl halides is 1. The van der Waals surface area contributed by atoms with Crippen molar-refractivity contribution in [2.75, 3.05) is 19.2 Å². The van der Waals surface area contributed by atoms with Gasteiger partial charge in [0.25, 0.3) is 0 Å². The molecule has 4 aliphatic carbocycles. The van der Waals surface area contributed by atoms with E-state index in [1.807, 2.05) is 17.8 Å². The number of halogens is 2. The third-order valence-corrected chi connectivity index (χ3v) is 12.4. The molecule has 1 aliphatic heterocycles. The third-order valence-electron chi connectivity index (χ3n) is 11.7. The monoisotopic (exact) mass is 612 g/mol. The van der Waals surface area contributed by atoms with Crippen molar-refractivity contribution < 1.29 is 33.0 Å². The highest BCUT2D eigenvalue weighted by Crippen LogP contribution is 2.69. The quantitative estimate of drug-likeness (QED) is 0.435. The lowest BCUT2D eigenvalue weighted by molar-refractivity contribution is -0.199. The zero-order chi connectivity index (χ0) is 30.1. The zero-order valence-electron chi connectivity index (χ0n) is 24.6. The number of carbonyl (C=O) groups is 2. The van der Waals surface area contributed by atoms with E-state index in [1.165, 1.54) is 17.7 Å². The fraction of sp³-hybridized carbons (Fsp3) is 0.606. The molecule has 0 radical (unpaired) electrons. The number of esters is 1. The van der Waals surface area contributed by atoms with Gasteiger partial charge in [-0.05, 0) is 116 Å². The molecule has 10 heteroatoms. The molecule has 0 amide bonds. The lowest BCUT2D eigenvalue weighted by Crippen LogP contribution is -2.62. The molecular weight excluding hydrogens is 574 g/mol. The molecule has 2 heterocycles. The van der Waals surface area contributed by atoms with Gasteiger partial charge in [0.15, 0.2) is 5.60 Å². The van der Waals surface area contributed by atoms with Crippen molar-refractivity contribution >= 4 is 28.9 Å². The Morgan fingerprint density at radius 1 is 1.21 bits per heavy atom. The number of nitrogens with zero attached hydrogens (tertiary/aromatic N) is 2. The molecule has 5 aliphatic rings. The van der Waals surface area contributed by atoms with E-state index in [1.54, 1.807) is 12.1 Å². The molecule has 1 unspecified atom stereocenters. The first-order valence-corrected chi connectivity index (χ1v) is 16.4. The van der Waals surface area contributed by atoms with E-state index in [9.17, 15) is 23.5 Å². The molecule has 1 saturated heterocycles. The van der Waals surface area contributed by atoms with Crippen LogP contribution in [-0.4, -0.2) is 56.9 Å². The number of hydrogen-bond donors (Lipinski definition) is 1. The first-order valence-electron chi connectivity index (χ1n) is 15.4. The van der Waals surface area contributed by atoms with E-state index in [0.717, 1.165) is 36.2 Å². The molecule has 3 saturated carbocycles. The van der Waals surface area contributed by atoms with Crippen LogP contribution in [0.15, 0.2) is 36.0 Å². The maximum absolute atomic E-state index is 13.7. The van der Waals surface area contributed by atoms with Gasteiger partial charge in [-0.15, -0.1) is 0 Å². The molecule has 8 atom stereocenters. The summed E-state index contributed by atoms with van der Waals surface area (Å²) in [6.45, 7) is 4.96. The van der Waals surface area contributed by atoms with E-state index in [2.05, 4.69) is 18.1 Å². The minimum absolute atomic E-state index is 0.0411. The molecule has 0 bridgehead atoms. The fourth-order valence-electron chi connectivity index (χ4n) is 9.65. The average Bonchev–Trinajstić information content (AvgIpc) is 3.71. The summed E-state index contributed by atoms with van der Waals surface area (Å²) in [5, 5.41) is 16.2. The SMILES string of the molecule is C[C@]12Cc3cnn(-c4ccc(F)cc4)c3C=C1CC[C@@H]1[C@@H]2[C@@H](O)C[C@@]2(C)[C@H]1CC[C@]2(OC(=O)C1CCOC1)C(=O)SCF. The van der Waals surface area contributed by atoms with Gasteiger partial charge in [0.2, 0.25) is 5.12 Å². The highest BCUT2D eigenvalue weighted by molar-refractivity contribution is 8.13. The second-order valence-electron chi connectivity index (χ2n) is 13.6. The zero-order valence-corrected chi connectivity index (χ0v) is 25.4. The number of rotatable bonds is 5. The van der Waals surface area contributed by atoms with E-state index < -0.39 is 40.1 Å². The largest absolute Gasteiger partial charge is 0.449 e. The predicted molar refractivity (Wildman–Crippen MR) is 157 cm³/mol. The lowest BCUT2D eigenvalue weighted by Gasteiger charge is -2.60. The molecule has 7 rings (SSSR count). The Morgan fingerprint density at radius 2 is 2.00 bits per heavy atom. The van der Waals surface area contributed by atoms with Crippen LogP contribution in [-0.2, 0) is 25.5 Å². The second-order valence-corrected chi connectivity index (χ2v) is 14.5. The Hall–Kier alpha value is -2.56. The molecule has 1 aromatic carbocycles. The number of hydrogen-bond acceptors (Lipinski definition) is 7. The minimum atomic E-state index is -1.48. The number of fused-ring (bicyclic) bond motifs is 6. The lowest BCUT2D eigenvalue weighted by atomic mass is 9.45. The van der Waals surface area contributed by atoms with Crippen LogP contribution in [0.4, 0.5) is 8.78 Å².